The quantitative estimate of drug-likeness (QED) is 0.0420. The Hall–Kier alpha value is -1.14. The molecule has 0 aromatic rings. The molecule has 6 nitrogen and oxygen atoms in total. The topological polar surface area (TPSA) is 95.9 Å². The predicted octanol–water partition coefficient (Wildman–Crippen LogP) is 15.6. The molecule has 3 N–H and O–H groups in total. The predicted molar refractivity (Wildman–Crippen MR) is 250 cm³/mol. The van der Waals surface area contributed by atoms with Gasteiger partial charge in [-0.15, -0.1) is 0 Å². The molecule has 1 amide bonds. The van der Waals surface area contributed by atoms with Crippen LogP contribution >= 0.6 is 0 Å². The highest BCUT2D eigenvalue weighted by Gasteiger charge is 2.24. The van der Waals surface area contributed by atoms with Crippen LogP contribution in [0.1, 0.15) is 297 Å². The lowest BCUT2D eigenvalue weighted by molar-refractivity contribution is -0.151. The van der Waals surface area contributed by atoms with Gasteiger partial charge in [0.25, 0.3) is 0 Å². The fourth-order valence-corrected chi connectivity index (χ4v) is 8.43. The van der Waals surface area contributed by atoms with Crippen LogP contribution in [-0.4, -0.2) is 46.9 Å². The van der Waals surface area contributed by atoms with Gasteiger partial charge in [-0.3, -0.25) is 9.59 Å². The van der Waals surface area contributed by atoms with Gasteiger partial charge in [-0.1, -0.05) is 258 Å². The van der Waals surface area contributed by atoms with Crippen LogP contribution in [0.3, 0.4) is 0 Å². The molecule has 0 aliphatic heterocycles. The number of hydrogen-bond donors (Lipinski definition) is 3. The van der Waals surface area contributed by atoms with Gasteiger partial charge in [0.1, 0.15) is 6.10 Å². The molecule has 0 heterocycles. The third-order valence-corrected chi connectivity index (χ3v) is 12.4. The number of nitrogens with one attached hydrogen (secondary N) is 1. The maximum absolute atomic E-state index is 13.2. The molecular weight excluding hydrogens is 719 g/mol. The highest BCUT2D eigenvalue weighted by Crippen LogP contribution is 2.19. The van der Waals surface area contributed by atoms with Crippen molar-refractivity contribution in [1.82, 2.24) is 5.32 Å². The number of unbranched alkanes of at least 4 members (excludes halogenated alkanes) is 36. The second-order valence-corrected chi connectivity index (χ2v) is 18.3. The first-order valence-corrected chi connectivity index (χ1v) is 26.3. The van der Waals surface area contributed by atoms with Crippen molar-refractivity contribution < 1.29 is 24.5 Å². The summed E-state index contributed by atoms with van der Waals surface area (Å²) in [6.07, 6.45) is 50.2. The minimum absolute atomic E-state index is 0.0877. The largest absolute Gasteiger partial charge is 0.462 e. The van der Waals surface area contributed by atoms with Crippen molar-refractivity contribution in [2.45, 2.75) is 315 Å². The maximum Gasteiger partial charge on any atom is 0.306 e. The summed E-state index contributed by atoms with van der Waals surface area (Å²) in [6, 6.07) is -0.691. The average molecular weight is 822 g/mol. The number of esters is 1. The number of rotatable bonds is 48. The molecule has 6 heteroatoms. The fraction of sp³-hybridized carbons (Fsp3) is 0.962. The van der Waals surface area contributed by atoms with Gasteiger partial charge in [0.15, 0.2) is 0 Å². The van der Waals surface area contributed by atoms with Crippen LogP contribution in [0.25, 0.3) is 0 Å². The first kappa shape index (κ1) is 56.9. The van der Waals surface area contributed by atoms with Crippen LogP contribution in [0.2, 0.25) is 0 Å². The second kappa shape index (κ2) is 46.9. The average Bonchev–Trinajstić information content (AvgIpc) is 3.22. The van der Waals surface area contributed by atoms with Crippen LogP contribution in [0.4, 0.5) is 0 Å². The SMILES string of the molecule is CCCCCCCCCCCCCCCCCCC(=O)OC(CCCCCCCCCCCCCC)CC(=O)NC(CO)C(O)CCCCCCCCCCCCC. The van der Waals surface area contributed by atoms with Crippen molar-refractivity contribution >= 4 is 11.9 Å². The van der Waals surface area contributed by atoms with Gasteiger partial charge in [-0.25, -0.2) is 0 Å². The Bertz CT molecular complexity index is 837. The third kappa shape index (κ3) is 41.6. The van der Waals surface area contributed by atoms with Gasteiger partial charge >= 0.3 is 5.97 Å². The Balaban J connectivity index is 4.48. The Labute approximate surface area is 362 Å². The monoisotopic (exact) mass is 822 g/mol. The summed E-state index contributed by atoms with van der Waals surface area (Å²) in [5.41, 5.74) is 0. The van der Waals surface area contributed by atoms with E-state index in [-0.39, 0.29) is 24.9 Å². The molecule has 346 valence electrons. The van der Waals surface area contributed by atoms with E-state index >= 15 is 0 Å². The zero-order valence-corrected chi connectivity index (χ0v) is 39.5. The highest BCUT2D eigenvalue weighted by atomic mass is 16.5. The molecule has 58 heavy (non-hydrogen) atoms. The summed E-state index contributed by atoms with van der Waals surface area (Å²) in [5, 5.41) is 23.7. The van der Waals surface area contributed by atoms with Gasteiger partial charge < -0.3 is 20.3 Å². The lowest BCUT2D eigenvalue weighted by atomic mass is 10.0. The van der Waals surface area contributed by atoms with E-state index in [2.05, 4.69) is 26.1 Å². The third-order valence-electron chi connectivity index (χ3n) is 12.4. The van der Waals surface area contributed by atoms with E-state index < -0.39 is 18.2 Å². The Morgan fingerprint density at radius 3 is 1.05 bits per heavy atom. The van der Waals surface area contributed by atoms with E-state index in [1.807, 2.05) is 0 Å². The van der Waals surface area contributed by atoms with Crippen molar-refractivity contribution in [2.24, 2.45) is 0 Å². The number of carbonyl (C=O) groups excluding carboxylic acids is 2. The van der Waals surface area contributed by atoms with E-state index in [1.165, 1.54) is 212 Å². The van der Waals surface area contributed by atoms with Crippen molar-refractivity contribution in [3.05, 3.63) is 0 Å². The summed E-state index contributed by atoms with van der Waals surface area (Å²) in [5.74, 6) is -0.450. The smallest absolute Gasteiger partial charge is 0.306 e. The molecule has 0 spiro atoms. The zero-order chi connectivity index (χ0) is 42.4. The maximum atomic E-state index is 13.2. The standard InChI is InChI=1S/C52H103NO5/c1-4-7-10-13-16-19-22-24-25-26-27-30-33-36-39-42-45-52(57)58-48(43-40-37-34-31-29-23-20-17-14-11-8-5-2)46-51(56)53-49(47-54)50(55)44-41-38-35-32-28-21-18-15-12-9-6-3/h48-50,54-55H,4-47H2,1-3H3,(H,53,56). The molecule has 0 radical (unpaired) electrons. The summed E-state index contributed by atoms with van der Waals surface area (Å²) in [6.45, 7) is 6.51. The molecule has 0 aliphatic carbocycles. The lowest BCUT2D eigenvalue weighted by Crippen LogP contribution is -2.46. The molecule has 0 saturated heterocycles. The number of hydrogen-bond acceptors (Lipinski definition) is 5. The number of ether oxygens (including phenoxy) is 1. The van der Waals surface area contributed by atoms with Crippen molar-refractivity contribution in [1.29, 1.82) is 0 Å². The highest BCUT2D eigenvalue weighted by molar-refractivity contribution is 5.77. The lowest BCUT2D eigenvalue weighted by Gasteiger charge is -2.24. The van der Waals surface area contributed by atoms with Crippen LogP contribution in [0.5, 0.6) is 0 Å². The number of aliphatic hydroxyl groups is 2. The molecule has 3 atom stereocenters. The van der Waals surface area contributed by atoms with E-state index in [0.717, 1.165) is 38.5 Å². The van der Waals surface area contributed by atoms with E-state index in [0.29, 0.717) is 19.3 Å². The fourth-order valence-electron chi connectivity index (χ4n) is 8.43. The molecule has 3 unspecified atom stereocenters. The molecular formula is C52H103NO5. The zero-order valence-electron chi connectivity index (χ0n) is 39.5. The molecule has 0 aromatic carbocycles. The van der Waals surface area contributed by atoms with Crippen LogP contribution in [-0.2, 0) is 14.3 Å². The van der Waals surface area contributed by atoms with Gasteiger partial charge in [-0.05, 0) is 25.7 Å². The number of carbonyl (C=O) groups is 2. The second-order valence-electron chi connectivity index (χ2n) is 18.3. The van der Waals surface area contributed by atoms with Gasteiger partial charge in [-0.2, -0.15) is 0 Å². The van der Waals surface area contributed by atoms with Crippen LogP contribution < -0.4 is 5.32 Å². The van der Waals surface area contributed by atoms with E-state index in [4.69, 9.17) is 4.74 Å². The molecule has 0 aromatic heterocycles. The summed E-state index contributed by atoms with van der Waals surface area (Å²) >= 11 is 0. The first-order chi connectivity index (χ1) is 28.5. The van der Waals surface area contributed by atoms with Crippen molar-refractivity contribution in [3.63, 3.8) is 0 Å². The normalized spacial score (nSPS) is 13.1. The van der Waals surface area contributed by atoms with Crippen molar-refractivity contribution in [2.75, 3.05) is 6.61 Å². The first-order valence-electron chi connectivity index (χ1n) is 26.3. The minimum atomic E-state index is -0.778. The van der Waals surface area contributed by atoms with Gasteiger partial charge in [0, 0.05) is 6.42 Å². The summed E-state index contributed by atoms with van der Waals surface area (Å²) in [4.78, 5) is 26.1. The van der Waals surface area contributed by atoms with Crippen LogP contribution in [0, 0.1) is 0 Å². The summed E-state index contributed by atoms with van der Waals surface area (Å²) in [7, 11) is 0. The number of amides is 1. The Morgan fingerprint density at radius 2 is 0.724 bits per heavy atom. The molecule has 0 aliphatic rings. The Morgan fingerprint density at radius 1 is 0.431 bits per heavy atom. The minimum Gasteiger partial charge on any atom is -0.462 e. The summed E-state index contributed by atoms with van der Waals surface area (Å²) < 4.78 is 5.94. The van der Waals surface area contributed by atoms with Gasteiger partial charge in [0.2, 0.25) is 5.91 Å². The molecule has 0 bridgehead atoms. The van der Waals surface area contributed by atoms with E-state index in [9.17, 15) is 19.8 Å². The molecule has 0 fully saturated rings. The molecule has 0 rings (SSSR count). The van der Waals surface area contributed by atoms with Crippen molar-refractivity contribution in [3.8, 4) is 0 Å². The van der Waals surface area contributed by atoms with Crippen LogP contribution in [0.15, 0.2) is 0 Å². The van der Waals surface area contributed by atoms with Gasteiger partial charge in [0.05, 0.1) is 25.2 Å². The Kier molecular flexibility index (Phi) is 46.0. The van der Waals surface area contributed by atoms with E-state index in [1.54, 1.807) is 0 Å². The number of aliphatic hydroxyl groups excluding tert-OH is 2. The molecule has 0 saturated carbocycles.